The van der Waals surface area contributed by atoms with Gasteiger partial charge in [-0.15, -0.1) is 0 Å². The van der Waals surface area contributed by atoms with Gasteiger partial charge in [-0.3, -0.25) is 5.10 Å². The second kappa shape index (κ2) is 6.75. The Morgan fingerprint density at radius 3 is 2.77 bits per heavy atom. The van der Waals surface area contributed by atoms with Crippen LogP contribution < -0.4 is 11.1 Å². The number of alkyl halides is 3. The Morgan fingerprint density at radius 1 is 1.17 bits per heavy atom. The zero-order chi connectivity index (χ0) is 20.9. The number of nitrogen functional groups attached to an aromatic ring is 1. The van der Waals surface area contributed by atoms with Gasteiger partial charge in [-0.1, -0.05) is 12.1 Å². The first-order valence-corrected chi connectivity index (χ1v) is 9.49. The molecule has 1 aliphatic carbocycles. The van der Waals surface area contributed by atoms with Crippen molar-refractivity contribution in [1.82, 2.24) is 25.1 Å². The number of H-pyrrole nitrogens is 2. The van der Waals surface area contributed by atoms with Crippen LogP contribution in [-0.4, -0.2) is 25.1 Å². The van der Waals surface area contributed by atoms with E-state index in [1.165, 1.54) is 0 Å². The van der Waals surface area contributed by atoms with Crippen molar-refractivity contribution in [3.8, 4) is 11.3 Å². The maximum atomic E-state index is 13.8. The van der Waals surface area contributed by atoms with E-state index in [4.69, 9.17) is 5.73 Å². The predicted molar refractivity (Wildman–Crippen MR) is 107 cm³/mol. The molecule has 0 saturated heterocycles. The van der Waals surface area contributed by atoms with E-state index in [1.54, 1.807) is 12.3 Å². The maximum Gasteiger partial charge on any atom is 0.434 e. The lowest BCUT2D eigenvalue weighted by Crippen LogP contribution is -2.16. The third kappa shape index (κ3) is 3.34. The number of nitrogens with zero attached hydrogens (tertiary/aromatic N) is 3. The van der Waals surface area contributed by atoms with E-state index in [0.717, 1.165) is 35.0 Å². The minimum absolute atomic E-state index is 0.102. The van der Waals surface area contributed by atoms with Gasteiger partial charge < -0.3 is 16.0 Å². The van der Waals surface area contributed by atoms with Gasteiger partial charge in [-0.2, -0.15) is 23.3 Å². The van der Waals surface area contributed by atoms with Crippen LogP contribution in [0.15, 0.2) is 36.5 Å². The van der Waals surface area contributed by atoms with Crippen molar-refractivity contribution in [2.75, 3.05) is 11.1 Å². The van der Waals surface area contributed by atoms with Crippen molar-refractivity contribution in [2.24, 2.45) is 0 Å². The Morgan fingerprint density at radius 2 is 2.00 bits per heavy atom. The molecule has 1 aromatic carbocycles. The maximum absolute atomic E-state index is 13.8. The predicted octanol–water partition coefficient (Wildman–Crippen LogP) is 4.44. The topological polar surface area (TPSA) is 108 Å². The Kier molecular flexibility index (Phi) is 4.16. The molecule has 4 aromatic rings. The van der Waals surface area contributed by atoms with Crippen molar-refractivity contribution in [2.45, 2.75) is 31.5 Å². The molecule has 30 heavy (non-hydrogen) atoms. The van der Waals surface area contributed by atoms with E-state index < -0.39 is 11.9 Å². The Labute approximate surface area is 168 Å². The summed E-state index contributed by atoms with van der Waals surface area (Å²) in [6.07, 6.45) is -0.909. The molecule has 154 valence electrons. The van der Waals surface area contributed by atoms with E-state index >= 15 is 0 Å². The minimum Gasteiger partial charge on any atom is -0.383 e. The van der Waals surface area contributed by atoms with Crippen LogP contribution in [0.2, 0.25) is 0 Å². The van der Waals surface area contributed by atoms with Crippen LogP contribution in [-0.2, 0) is 12.7 Å². The largest absolute Gasteiger partial charge is 0.434 e. The zero-order valence-electron chi connectivity index (χ0n) is 15.7. The van der Waals surface area contributed by atoms with E-state index in [9.17, 15) is 13.2 Å². The number of fused-ring (bicyclic) bond motifs is 1. The van der Waals surface area contributed by atoms with Crippen LogP contribution in [0, 0.1) is 0 Å². The molecule has 0 bridgehead atoms. The second-order valence-electron chi connectivity index (χ2n) is 7.35. The fourth-order valence-corrected chi connectivity index (χ4v) is 3.56. The summed E-state index contributed by atoms with van der Waals surface area (Å²) in [7, 11) is 0. The lowest BCUT2D eigenvalue weighted by atomic mass is 10.1. The van der Waals surface area contributed by atoms with Crippen LogP contribution in [0.3, 0.4) is 0 Å². The summed E-state index contributed by atoms with van der Waals surface area (Å²) in [6.45, 7) is 0.250. The summed E-state index contributed by atoms with van der Waals surface area (Å²) in [4.78, 5) is 10.9. The van der Waals surface area contributed by atoms with Crippen LogP contribution in [0.1, 0.15) is 35.7 Å². The van der Waals surface area contributed by atoms with Gasteiger partial charge in [0.05, 0.1) is 11.3 Å². The van der Waals surface area contributed by atoms with Crippen molar-refractivity contribution in [1.29, 1.82) is 0 Å². The molecule has 3 aromatic heterocycles. The molecule has 7 nitrogen and oxygen atoms in total. The van der Waals surface area contributed by atoms with Crippen molar-refractivity contribution in [3.63, 3.8) is 0 Å². The second-order valence-corrected chi connectivity index (χ2v) is 7.35. The highest BCUT2D eigenvalue weighted by molar-refractivity contribution is 5.83. The first-order valence-electron chi connectivity index (χ1n) is 9.49. The molecular formula is C20H18F3N7. The fourth-order valence-electron chi connectivity index (χ4n) is 3.56. The van der Waals surface area contributed by atoms with Gasteiger partial charge in [0.25, 0.3) is 0 Å². The monoisotopic (exact) mass is 413 g/mol. The first-order chi connectivity index (χ1) is 14.4. The number of aromatic amines is 2. The van der Waals surface area contributed by atoms with Gasteiger partial charge in [0.1, 0.15) is 5.82 Å². The molecule has 0 aliphatic heterocycles. The summed E-state index contributed by atoms with van der Waals surface area (Å²) in [6, 6.07) is 9.17. The summed E-state index contributed by atoms with van der Waals surface area (Å²) in [5.74, 6) is -0.137. The quantitative estimate of drug-likeness (QED) is 0.387. The smallest absolute Gasteiger partial charge is 0.383 e. The normalized spacial score (nSPS) is 14.4. The third-order valence-corrected chi connectivity index (χ3v) is 5.20. The molecule has 5 N–H and O–H groups in total. The lowest BCUT2D eigenvalue weighted by Gasteiger charge is -2.15. The lowest BCUT2D eigenvalue weighted by molar-refractivity contribution is -0.140. The highest BCUT2D eigenvalue weighted by atomic mass is 19.4. The molecule has 0 amide bonds. The first kappa shape index (κ1) is 18.5. The van der Waals surface area contributed by atoms with Gasteiger partial charge in [0.2, 0.25) is 5.95 Å². The number of hydrogen-bond acceptors (Lipinski definition) is 5. The Hall–Kier alpha value is -3.56. The Bertz CT molecular complexity index is 1220. The number of nitrogens with one attached hydrogen (secondary N) is 3. The van der Waals surface area contributed by atoms with Crippen LogP contribution in [0.25, 0.3) is 22.2 Å². The van der Waals surface area contributed by atoms with E-state index in [-0.39, 0.29) is 29.6 Å². The highest BCUT2D eigenvalue weighted by Gasteiger charge is 2.39. The number of anilines is 2. The standard InChI is InChI=1S/C20H18F3N7/c21-20(22,23)17-16(15-8-14(29-30-15)10-4-5-10)18(24)28-19(27-17)26-9-11-2-1-3-13-12(11)6-7-25-13/h1-3,6-8,10,25H,4-5,9H2,(H,29,30)(H3,24,26,27,28). The zero-order valence-corrected chi connectivity index (χ0v) is 15.7. The van der Waals surface area contributed by atoms with Crippen molar-refractivity contribution >= 4 is 22.7 Å². The number of aromatic nitrogens is 5. The molecule has 1 aliphatic rings. The van der Waals surface area contributed by atoms with Crippen LogP contribution >= 0.6 is 0 Å². The van der Waals surface area contributed by atoms with Gasteiger partial charge in [-0.25, -0.2) is 4.98 Å². The molecule has 0 spiro atoms. The summed E-state index contributed by atoms with van der Waals surface area (Å²) in [5.41, 5.74) is 7.28. The average Bonchev–Trinajstić information content (AvgIpc) is 3.23. The summed E-state index contributed by atoms with van der Waals surface area (Å²) in [5, 5.41) is 10.7. The average molecular weight is 413 g/mol. The van der Waals surface area contributed by atoms with E-state index in [1.807, 2.05) is 24.3 Å². The highest BCUT2D eigenvalue weighted by Crippen LogP contribution is 2.42. The molecule has 0 atom stereocenters. The minimum atomic E-state index is -4.71. The summed E-state index contributed by atoms with van der Waals surface area (Å²) < 4.78 is 41.4. The molecular weight excluding hydrogens is 395 g/mol. The van der Waals surface area contributed by atoms with Gasteiger partial charge in [0, 0.05) is 35.3 Å². The molecule has 10 heteroatoms. The molecule has 0 radical (unpaired) electrons. The van der Waals surface area contributed by atoms with E-state index in [0.29, 0.717) is 5.92 Å². The Balaban J connectivity index is 1.49. The number of rotatable bonds is 5. The fraction of sp³-hybridized carbons (Fsp3) is 0.250. The van der Waals surface area contributed by atoms with Gasteiger partial charge >= 0.3 is 6.18 Å². The molecule has 1 fully saturated rings. The van der Waals surface area contributed by atoms with Crippen LogP contribution in [0.4, 0.5) is 24.9 Å². The van der Waals surface area contributed by atoms with Gasteiger partial charge in [0.15, 0.2) is 5.69 Å². The molecule has 0 unspecified atom stereocenters. The number of halogens is 3. The summed E-state index contributed by atoms with van der Waals surface area (Å²) >= 11 is 0. The van der Waals surface area contributed by atoms with E-state index in [2.05, 4.69) is 30.5 Å². The number of nitrogens with two attached hydrogens (primary N) is 1. The molecule has 1 saturated carbocycles. The SMILES string of the molecule is Nc1nc(NCc2cccc3[nH]ccc23)nc(C(F)(F)F)c1-c1cc(C2CC2)[nH]n1. The number of hydrogen-bond donors (Lipinski definition) is 4. The number of benzene rings is 1. The van der Waals surface area contributed by atoms with Gasteiger partial charge in [-0.05, 0) is 36.6 Å². The van der Waals surface area contributed by atoms with Crippen molar-refractivity contribution in [3.05, 3.63) is 53.5 Å². The van der Waals surface area contributed by atoms with Crippen molar-refractivity contribution < 1.29 is 13.2 Å². The molecule has 5 rings (SSSR count). The third-order valence-electron chi connectivity index (χ3n) is 5.20. The molecule has 3 heterocycles. The van der Waals surface area contributed by atoms with Crippen LogP contribution in [0.5, 0.6) is 0 Å².